The van der Waals surface area contributed by atoms with Crippen molar-refractivity contribution in [1.82, 2.24) is 9.47 Å². The molecule has 2 aromatic heterocycles. The lowest BCUT2D eigenvalue weighted by atomic mass is 9.91. The zero-order valence-corrected chi connectivity index (χ0v) is 23.8. The number of para-hydroxylation sites is 1. The highest BCUT2D eigenvalue weighted by Gasteiger charge is 2.32. The molecule has 43 heavy (non-hydrogen) atoms. The van der Waals surface area contributed by atoms with Gasteiger partial charge >= 0.3 is 6.09 Å². The number of nitrogens with zero attached hydrogens (tertiary/aromatic N) is 2. The molecule has 0 atom stereocenters. The summed E-state index contributed by atoms with van der Waals surface area (Å²) >= 11 is 1.15. The van der Waals surface area contributed by atoms with Gasteiger partial charge < -0.3 is 15.0 Å². The third kappa shape index (κ3) is 5.91. The maximum absolute atomic E-state index is 14.7. The van der Waals surface area contributed by atoms with Crippen molar-refractivity contribution in [3.05, 3.63) is 123 Å². The molecule has 0 unspecified atom stereocenters. The molecule has 0 saturated carbocycles. The topological polar surface area (TPSA) is 80.6 Å². The quantitative estimate of drug-likeness (QED) is 0.199. The second-order valence-electron chi connectivity index (χ2n) is 10.3. The third-order valence-corrected chi connectivity index (χ3v) is 8.70. The van der Waals surface area contributed by atoms with Gasteiger partial charge in [-0.1, -0.05) is 48.5 Å². The van der Waals surface area contributed by atoms with E-state index in [0.717, 1.165) is 29.0 Å². The standard InChI is InChI=1S/C33H27F2N3O4S/c34-23-11-13-27(26(35)19-23)36-29-25-12-14-28(39)38(24-9-5-2-6-10-24)32(25)43-31(29)30(40)22-15-17-37(18-16-22)33(41)42-20-21-7-3-1-4-8-21/h1-14,19,22,36H,15-18,20H2. The molecule has 0 aliphatic carbocycles. The number of hydrogen-bond donors (Lipinski definition) is 1. The maximum Gasteiger partial charge on any atom is 0.410 e. The van der Waals surface area contributed by atoms with Gasteiger partial charge in [-0.2, -0.15) is 0 Å². The molecule has 1 saturated heterocycles. The van der Waals surface area contributed by atoms with Crippen LogP contribution in [0.1, 0.15) is 28.1 Å². The summed E-state index contributed by atoms with van der Waals surface area (Å²) < 4.78 is 35.4. The Labute approximate surface area is 250 Å². The van der Waals surface area contributed by atoms with Crippen molar-refractivity contribution in [2.24, 2.45) is 5.92 Å². The van der Waals surface area contributed by atoms with E-state index >= 15 is 0 Å². The number of piperidine rings is 1. The van der Waals surface area contributed by atoms with Crippen LogP contribution in [0.15, 0.2) is 95.8 Å². The van der Waals surface area contributed by atoms with Crippen LogP contribution in [-0.2, 0) is 11.3 Å². The molecule has 0 radical (unpaired) electrons. The average molecular weight is 600 g/mol. The molecule has 7 nitrogen and oxygen atoms in total. The number of thiophene rings is 1. The Bertz CT molecular complexity index is 1850. The summed E-state index contributed by atoms with van der Waals surface area (Å²) in [5.74, 6) is -2.10. The van der Waals surface area contributed by atoms with Crippen LogP contribution in [0.2, 0.25) is 0 Å². The number of amides is 1. The van der Waals surface area contributed by atoms with Gasteiger partial charge in [0.1, 0.15) is 23.1 Å². The molecule has 0 bridgehead atoms. The molecular formula is C33H27F2N3O4S. The van der Waals surface area contributed by atoms with Gasteiger partial charge in [0.25, 0.3) is 5.56 Å². The fourth-order valence-corrected chi connectivity index (χ4v) is 6.54. The second-order valence-corrected chi connectivity index (χ2v) is 11.3. The number of aromatic nitrogens is 1. The van der Waals surface area contributed by atoms with E-state index in [1.165, 1.54) is 16.7 Å². The predicted octanol–water partition coefficient (Wildman–Crippen LogP) is 7.31. The van der Waals surface area contributed by atoms with E-state index in [4.69, 9.17) is 4.74 Å². The summed E-state index contributed by atoms with van der Waals surface area (Å²) in [7, 11) is 0. The summed E-state index contributed by atoms with van der Waals surface area (Å²) in [4.78, 5) is 42.2. The first kappa shape index (κ1) is 28.3. The highest BCUT2D eigenvalue weighted by atomic mass is 32.1. The molecule has 1 aliphatic rings. The van der Waals surface area contributed by atoms with Crippen molar-refractivity contribution in [2.75, 3.05) is 18.4 Å². The predicted molar refractivity (Wildman–Crippen MR) is 162 cm³/mol. The molecule has 6 rings (SSSR count). The van der Waals surface area contributed by atoms with Crippen LogP contribution < -0.4 is 10.9 Å². The normalized spacial score (nSPS) is 13.7. The number of hydrogen-bond acceptors (Lipinski definition) is 6. The highest BCUT2D eigenvalue weighted by Crippen LogP contribution is 2.40. The number of nitrogens with one attached hydrogen (secondary N) is 1. The number of pyridine rings is 1. The zero-order chi connectivity index (χ0) is 29.9. The minimum Gasteiger partial charge on any atom is -0.445 e. The van der Waals surface area contributed by atoms with Gasteiger partial charge in [-0.25, -0.2) is 13.6 Å². The lowest BCUT2D eigenvalue weighted by Gasteiger charge is -2.30. The van der Waals surface area contributed by atoms with Gasteiger partial charge in [0.2, 0.25) is 0 Å². The van der Waals surface area contributed by atoms with Crippen LogP contribution in [-0.4, -0.2) is 34.4 Å². The van der Waals surface area contributed by atoms with E-state index < -0.39 is 23.6 Å². The first-order valence-electron chi connectivity index (χ1n) is 13.8. The van der Waals surface area contributed by atoms with E-state index in [9.17, 15) is 23.2 Å². The molecule has 0 spiro atoms. The van der Waals surface area contributed by atoms with Crippen LogP contribution in [0.25, 0.3) is 15.9 Å². The Kier molecular flexibility index (Phi) is 8.02. The van der Waals surface area contributed by atoms with Crippen molar-refractivity contribution >= 4 is 44.8 Å². The SMILES string of the molecule is O=C(c1sc2c(ccc(=O)n2-c2ccccc2)c1Nc1ccc(F)cc1F)C1CCN(C(=O)OCc2ccccc2)CC1. The Morgan fingerprint density at radius 2 is 1.60 bits per heavy atom. The van der Waals surface area contributed by atoms with Crippen LogP contribution in [0, 0.1) is 17.6 Å². The smallest absolute Gasteiger partial charge is 0.410 e. The van der Waals surface area contributed by atoms with E-state index in [0.29, 0.717) is 52.4 Å². The van der Waals surface area contributed by atoms with Gasteiger partial charge in [0.15, 0.2) is 5.78 Å². The number of fused-ring (bicyclic) bond motifs is 1. The molecule has 3 heterocycles. The van der Waals surface area contributed by atoms with Crippen molar-refractivity contribution < 1.29 is 23.1 Å². The number of ketones is 1. The number of rotatable bonds is 7. The van der Waals surface area contributed by atoms with Crippen LogP contribution in [0.4, 0.5) is 25.0 Å². The van der Waals surface area contributed by atoms with Gasteiger partial charge in [0.05, 0.1) is 21.9 Å². The number of anilines is 2. The van der Waals surface area contributed by atoms with Crippen molar-refractivity contribution in [2.45, 2.75) is 19.4 Å². The van der Waals surface area contributed by atoms with E-state index in [-0.39, 0.29) is 23.6 Å². The Morgan fingerprint density at radius 1 is 0.907 bits per heavy atom. The van der Waals surface area contributed by atoms with Crippen molar-refractivity contribution in [3.63, 3.8) is 0 Å². The zero-order valence-electron chi connectivity index (χ0n) is 23.0. The average Bonchev–Trinajstić information content (AvgIpc) is 3.39. The van der Waals surface area contributed by atoms with Crippen LogP contribution in [0.3, 0.4) is 0 Å². The minimum atomic E-state index is -0.809. The van der Waals surface area contributed by atoms with E-state index in [1.54, 1.807) is 23.1 Å². The van der Waals surface area contributed by atoms with Gasteiger partial charge in [-0.3, -0.25) is 14.2 Å². The Hall–Kier alpha value is -4.83. The number of likely N-dealkylation sites (tertiary alicyclic amines) is 1. The monoisotopic (exact) mass is 599 g/mol. The number of carbonyl (C=O) groups excluding carboxylic acids is 2. The summed E-state index contributed by atoms with van der Waals surface area (Å²) in [6.07, 6.45) is 0.407. The minimum absolute atomic E-state index is 0.00333. The molecule has 5 aromatic rings. The van der Waals surface area contributed by atoms with Crippen molar-refractivity contribution in [1.29, 1.82) is 0 Å². The Balaban J connectivity index is 1.29. The number of benzene rings is 3. The van der Waals surface area contributed by atoms with E-state index in [1.807, 2.05) is 48.5 Å². The van der Waals surface area contributed by atoms with Gasteiger partial charge in [0, 0.05) is 36.5 Å². The summed E-state index contributed by atoms with van der Waals surface area (Å²) in [5, 5.41) is 3.57. The molecular weight excluding hydrogens is 572 g/mol. The van der Waals surface area contributed by atoms with Gasteiger partial charge in [-0.05, 0) is 48.7 Å². The fraction of sp³-hybridized carbons (Fsp3) is 0.182. The maximum atomic E-state index is 14.7. The molecule has 1 amide bonds. The molecule has 218 valence electrons. The second kappa shape index (κ2) is 12.2. The number of carbonyl (C=O) groups is 2. The molecule has 3 aromatic carbocycles. The highest BCUT2D eigenvalue weighted by molar-refractivity contribution is 7.21. The lowest BCUT2D eigenvalue weighted by molar-refractivity contribution is 0.0716. The lowest BCUT2D eigenvalue weighted by Crippen LogP contribution is -2.40. The van der Waals surface area contributed by atoms with Crippen molar-refractivity contribution in [3.8, 4) is 5.69 Å². The van der Waals surface area contributed by atoms with Crippen LogP contribution >= 0.6 is 11.3 Å². The molecule has 1 aliphatic heterocycles. The fourth-order valence-electron chi connectivity index (χ4n) is 5.25. The Morgan fingerprint density at radius 3 is 2.30 bits per heavy atom. The first-order chi connectivity index (χ1) is 20.9. The summed E-state index contributed by atoms with van der Waals surface area (Å²) in [6, 6.07) is 24.6. The number of halogens is 2. The molecule has 1 N–H and O–H groups in total. The number of Topliss-reactive ketones (excluding diaryl/α,β-unsaturated/α-hetero) is 1. The van der Waals surface area contributed by atoms with Gasteiger partial charge in [-0.15, -0.1) is 11.3 Å². The molecule has 10 heteroatoms. The largest absolute Gasteiger partial charge is 0.445 e. The number of ether oxygens (including phenoxy) is 1. The summed E-state index contributed by atoms with van der Waals surface area (Å²) in [6.45, 7) is 0.858. The third-order valence-electron chi connectivity index (χ3n) is 7.50. The first-order valence-corrected chi connectivity index (χ1v) is 14.7. The van der Waals surface area contributed by atoms with Crippen LogP contribution in [0.5, 0.6) is 0 Å². The molecule has 1 fully saturated rings. The summed E-state index contributed by atoms with van der Waals surface area (Å²) in [5.41, 5.74) is 1.59. The van der Waals surface area contributed by atoms with E-state index in [2.05, 4.69) is 5.32 Å².